The molecule has 0 heterocycles. The number of esters is 2. The van der Waals surface area contributed by atoms with Crippen molar-refractivity contribution in [3.05, 3.63) is 0 Å². The van der Waals surface area contributed by atoms with Gasteiger partial charge < -0.3 is 14.4 Å². The first-order chi connectivity index (χ1) is 8.40. The summed E-state index contributed by atoms with van der Waals surface area (Å²) in [5.74, 6) is -0.894. The third kappa shape index (κ3) is 6.88. The number of carbonyl (C=O) groups excluding carboxylic acids is 3. The molecule has 0 unspecified atom stereocenters. The van der Waals surface area contributed by atoms with E-state index in [1.54, 1.807) is 0 Å². The van der Waals surface area contributed by atoms with Gasteiger partial charge in [-0.3, -0.25) is 14.4 Å². The zero-order valence-electron chi connectivity index (χ0n) is 11.4. The lowest BCUT2D eigenvalue weighted by Crippen LogP contribution is -2.38. The van der Waals surface area contributed by atoms with Crippen LogP contribution in [0.15, 0.2) is 0 Å². The van der Waals surface area contributed by atoms with Crippen molar-refractivity contribution in [1.29, 1.82) is 0 Å². The van der Waals surface area contributed by atoms with Crippen molar-refractivity contribution in [3.8, 4) is 0 Å². The van der Waals surface area contributed by atoms with E-state index in [0.29, 0.717) is 6.42 Å². The molecule has 0 atom stereocenters. The Balaban J connectivity index is 4.45. The lowest BCUT2D eigenvalue weighted by Gasteiger charge is -2.21. The average Bonchev–Trinajstić information content (AvgIpc) is 2.32. The van der Waals surface area contributed by atoms with Gasteiger partial charge in [0, 0.05) is 13.0 Å². The normalized spacial score (nSPS) is 10.1. The van der Waals surface area contributed by atoms with E-state index in [9.17, 15) is 14.4 Å². The van der Waals surface area contributed by atoms with E-state index in [1.165, 1.54) is 19.1 Å². The predicted octanol–water partition coefficient (Wildman–Crippen LogP) is 0.597. The summed E-state index contributed by atoms with van der Waals surface area (Å²) in [6.45, 7) is 3.84. The molecule has 0 saturated heterocycles. The van der Waals surface area contributed by atoms with E-state index < -0.39 is 11.9 Å². The van der Waals surface area contributed by atoms with Gasteiger partial charge in [-0.2, -0.15) is 0 Å². The third-order valence-electron chi connectivity index (χ3n) is 2.30. The van der Waals surface area contributed by atoms with Crippen molar-refractivity contribution in [2.24, 2.45) is 5.92 Å². The first kappa shape index (κ1) is 16.4. The lowest BCUT2D eigenvalue weighted by molar-refractivity contribution is -0.149. The molecular weight excluding hydrogens is 238 g/mol. The lowest BCUT2D eigenvalue weighted by atomic mass is 10.1. The van der Waals surface area contributed by atoms with Gasteiger partial charge in [0.05, 0.1) is 20.6 Å². The zero-order chi connectivity index (χ0) is 14.1. The standard InChI is InChI=1S/C12H21NO5/c1-9(2)7-10(14)13(8-12(16)18-4)6-5-11(15)17-3/h9H,5-8H2,1-4H3. The fourth-order valence-electron chi connectivity index (χ4n) is 1.32. The van der Waals surface area contributed by atoms with Crippen LogP contribution in [0.3, 0.4) is 0 Å². The molecule has 0 aromatic heterocycles. The molecule has 0 aromatic rings. The van der Waals surface area contributed by atoms with Crippen molar-refractivity contribution in [3.63, 3.8) is 0 Å². The maximum atomic E-state index is 11.9. The summed E-state index contributed by atoms with van der Waals surface area (Å²) in [6.07, 6.45) is 0.398. The van der Waals surface area contributed by atoms with Crippen molar-refractivity contribution in [2.75, 3.05) is 27.3 Å². The summed E-state index contributed by atoms with van der Waals surface area (Å²) in [5, 5.41) is 0. The van der Waals surface area contributed by atoms with E-state index in [-0.39, 0.29) is 31.3 Å². The van der Waals surface area contributed by atoms with Crippen LogP contribution in [0.2, 0.25) is 0 Å². The Morgan fingerprint density at radius 3 is 2.06 bits per heavy atom. The highest BCUT2D eigenvalue weighted by Crippen LogP contribution is 2.05. The van der Waals surface area contributed by atoms with E-state index >= 15 is 0 Å². The van der Waals surface area contributed by atoms with E-state index in [4.69, 9.17) is 0 Å². The largest absolute Gasteiger partial charge is 0.469 e. The van der Waals surface area contributed by atoms with Crippen LogP contribution < -0.4 is 0 Å². The summed E-state index contributed by atoms with van der Waals surface area (Å²) >= 11 is 0. The second-order valence-corrected chi connectivity index (χ2v) is 4.32. The Hall–Kier alpha value is -1.59. The SMILES string of the molecule is COC(=O)CCN(CC(=O)OC)C(=O)CC(C)C. The van der Waals surface area contributed by atoms with Crippen LogP contribution in [0.4, 0.5) is 0 Å². The van der Waals surface area contributed by atoms with Crippen LogP contribution >= 0.6 is 0 Å². The minimum absolute atomic E-state index is 0.0668. The summed E-state index contributed by atoms with van der Waals surface area (Å²) in [5.41, 5.74) is 0. The first-order valence-corrected chi connectivity index (χ1v) is 5.82. The van der Waals surface area contributed by atoms with Crippen LogP contribution in [-0.2, 0) is 23.9 Å². The minimum Gasteiger partial charge on any atom is -0.469 e. The molecule has 0 saturated carbocycles. The Morgan fingerprint density at radius 1 is 1.06 bits per heavy atom. The monoisotopic (exact) mass is 259 g/mol. The zero-order valence-corrected chi connectivity index (χ0v) is 11.4. The summed E-state index contributed by atoms with van der Waals surface area (Å²) in [4.78, 5) is 35.4. The summed E-state index contributed by atoms with van der Waals surface area (Å²) in [6, 6.07) is 0. The topological polar surface area (TPSA) is 72.9 Å². The number of nitrogens with zero attached hydrogens (tertiary/aromatic N) is 1. The van der Waals surface area contributed by atoms with Gasteiger partial charge in [0.25, 0.3) is 0 Å². The van der Waals surface area contributed by atoms with Crippen molar-refractivity contribution in [2.45, 2.75) is 26.7 Å². The van der Waals surface area contributed by atoms with Crippen LogP contribution in [-0.4, -0.2) is 50.1 Å². The molecule has 6 heteroatoms. The molecule has 0 aliphatic rings. The molecule has 0 fully saturated rings. The fourth-order valence-corrected chi connectivity index (χ4v) is 1.32. The van der Waals surface area contributed by atoms with Crippen molar-refractivity contribution < 1.29 is 23.9 Å². The fraction of sp³-hybridized carbons (Fsp3) is 0.750. The van der Waals surface area contributed by atoms with E-state index in [1.807, 2.05) is 13.8 Å². The number of ether oxygens (including phenoxy) is 2. The molecule has 0 N–H and O–H groups in total. The van der Waals surface area contributed by atoms with Gasteiger partial charge >= 0.3 is 11.9 Å². The van der Waals surface area contributed by atoms with Gasteiger partial charge in [0.2, 0.25) is 5.91 Å². The molecule has 0 radical (unpaired) electrons. The average molecular weight is 259 g/mol. The molecule has 0 spiro atoms. The molecular formula is C12H21NO5. The highest BCUT2D eigenvalue weighted by molar-refractivity contribution is 5.82. The Labute approximate surface area is 107 Å². The number of hydrogen-bond donors (Lipinski definition) is 0. The molecule has 0 aromatic carbocycles. The Kier molecular flexibility index (Phi) is 7.74. The van der Waals surface area contributed by atoms with Gasteiger partial charge in [-0.1, -0.05) is 13.8 Å². The van der Waals surface area contributed by atoms with E-state index in [2.05, 4.69) is 9.47 Å². The Morgan fingerprint density at radius 2 is 1.61 bits per heavy atom. The van der Waals surface area contributed by atoms with Gasteiger partial charge in [-0.05, 0) is 5.92 Å². The third-order valence-corrected chi connectivity index (χ3v) is 2.30. The molecule has 0 aliphatic heterocycles. The number of rotatable bonds is 7. The number of methoxy groups -OCH3 is 2. The van der Waals surface area contributed by atoms with Crippen LogP contribution in [0.1, 0.15) is 26.7 Å². The minimum atomic E-state index is -0.503. The van der Waals surface area contributed by atoms with E-state index in [0.717, 1.165) is 0 Å². The van der Waals surface area contributed by atoms with Gasteiger partial charge in [0.15, 0.2) is 0 Å². The molecule has 104 valence electrons. The number of hydrogen-bond acceptors (Lipinski definition) is 5. The maximum Gasteiger partial charge on any atom is 0.325 e. The maximum absolute atomic E-state index is 11.9. The molecule has 0 bridgehead atoms. The van der Waals surface area contributed by atoms with Gasteiger partial charge in [0.1, 0.15) is 6.54 Å². The smallest absolute Gasteiger partial charge is 0.325 e. The molecule has 6 nitrogen and oxygen atoms in total. The van der Waals surface area contributed by atoms with Crippen molar-refractivity contribution >= 4 is 17.8 Å². The van der Waals surface area contributed by atoms with Gasteiger partial charge in [-0.25, -0.2) is 0 Å². The number of amides is 1. The Bertz CT molecular complexity index is 301. The summed E-state index contributed by atoms with van der Waals surface area (Å²) in [7, 11) is 2.54. The molecule has 0 rings (SSSR count). The number of carbonyl (C=O) groups is 3. The molecule has 1 amide bonds. The summed E-state index contributed by atoms with van der Waals surface area (Å²) < 4.78 is 9.02. The second kappa shape index (κ2) is 8.49. The highest BCUT2D eigenvalue weighted by atomic mass is 16.5. The van der Waals surface area contributed by atoms with Gasteiger partial charge in [-0.15, -0.1) is 0 Å². The molecule has 18 heavy (non-hydrogen) atoms. The van der Waals surface area contributed by atoms with Crippen LogP contribution in [0.25, 0.3) is 0 Å². The van der Waals surface area contributed by atoms with Crippen molar-refractivity contribution in [1.82, 2.24) is 4.90 Å². The quantitative estimate of drug-likeness (QED) is 0.626. The van der Waals surface area contributed by atoms with Crippen LogP contribution in [0.5, 0.6) is 0 Å². The highest BCUT2D eigenvalue weighted by Gasteiger charge is 2.19. The second-order valence-electron chi connectivity index (χ2n) is 4.32. The van der Waals surface area contributed by atoms with Crippen LogP contribution in [0, 0.1) is 5.92 Å². The predicted molar refractivity (Wildman–Crippen MR) is 64.7 cm³/mol. The first-order valence-electron chi connectivity index (χ1n) is 5.82. The molecule has 0 aliphatic carbocycles.